The van der Waals surface area contributed by atoms with Crippen molar-refractivity contribution in [3.8, 4) is 0 Å². The molecule has 1 saturated heterocycles. The molecule has 1 aliphatic heterocycles. The number of halogens is 1. The first-order valence-electron chi connectivity index (χ1n) is 6.57. The minimum atomic E-state index is -0.357. The molecule has 0 spiro atoms. The lowest BCUT2D eigenvalue weighted by atomic mass is 9.76. The Morgan fingerprint density at radius 3 is 2.63 bits per heavy atom. The maximum Gasteiger partial charge on any atom is 0.230 e. The smallest absolute Gasteiger partial charge is 0.230 e. The van der Waals surface area contributed by atoms with Crippen LogP contribution in [0.4, 0.5) is 4.39 Å². The molecule has 2 atom stereocenters. The molecule has 0 radical (unpaired) electrons. The molecule has 0 aliphatic carbocycles. The van der Waals surface area contributed by atoms with E-state index in [-0.39, 0.29) is 35.9 Å². The van der Waals surface area contributed by atoms with Gasteiger partial charge in [-0.3, -0.25) is 14.9 Å². The molecule has 1 aromatic rings. The van der Waals surface area contributed by atoms with Gasteiger partial charge in [-0.1, -0.05) is 32.0 Å². The van der Waals surface area contributed by atoms with Gasteiger partial charge in [0.15, 0.2) is 0 Å². The van der Waals surface area contributed by atoms with Crippen LogP contribution in [-0.4, -0.2) is 11.8 Å². The molecule has 0 saturated carbocycles. The van der Waals surface area contributed by atoms with E-state index in [1.54, 1.807) is 18.2 Å². The predicted molar refractivity (Wildman–Crippen MR) is 69.9 cm³/mol. The van der Waals surface area contributed by atoms with Gasteiger partial charge in [0.05, 0.1) is 0 Å². The summed E-state index contributed by atoms with van der Waals surface area (Å²) >= 11 is 0. The van der Waals surface area contributed by atoms with Crippen molar-refractivity contribution in [3.63, 3.8) is 0 Å². The van der Waals surface area contributed by atoms with E-state index in [4.69, 9.17) is 0 Å². The van der Waals surface area contributed by atoms with Crippen molar-refractivity contribution >= 4 is 11.8 Å². The molecule has 1 aromatic carbocycles. The van der Waals surface area contributed by atoms with E-state index in [1.807, 2.05) is 13.8 Å². The van der Waals surface area contributed by atoms with Crippen LogP contribution in [0, 0.1) is 17.7 Å². The molecule has 0 aromatic heterocycles. The first-order chi connectivity index (χ1) is 8.99. The lowest BCUT2D eigenvalue weighted by molar-refractivity contribution is -0.137. The summed E-state index contributed by atoms with van der Waals surface area (Å²) in [5.41, 5.74) is 0.469. The van der Waals surface area contributed by atoms with Crippen LogP contribution in [0.2, 0.25) is 0 Å². The van der Waals surface area contributed by atoms with Crippen molar-refractivity contribution in [2.45, 2.75) is 32.6 Å². The molecule has 1 N–H and O–H groups in total. The number of piperidine rings is 1. The molecule has 19 heavy (non-hydrogen) atoms. The van der Waals surface area contributed by atoms with Gasteiger partial charge in [-0.05, 0) is 24.0 Å². The number of amides is 2. The van der Waals surface area contributed by atoms with Gasteiger partial charge in [-0.15, -0.1) is 0 Å². The molecule has 2 amide bonds. The standard InChI is InChI=1S/C15H18FNO2/c1-9(2)7-12-11(8-14(18)17-15(12)19)10-5-3-4-6-13(10)16/h3-6,9,11-12H,7-8H2,1-2H3,(H,17,18,19). The van der Waals surface area contributed by atoms with E-state index < -0.39 is 0 Å². The first-order valence-corrected chi connectivity index (χ1v) is 6.57. The van der Waals surface area contributed by atoms with Gasteiger partial charge in [0, 0.05) is 18.3 Å². The summed E-state index contributed by atoms with van der Waals surface area (Å²) in [4.78, 5) is 23.5. The Morgan fingerprint density at radius 2 is 2.00 bits per heavy atom. The maximum atomic E-state index is 13.9. The number of imide groups is 1. The Labute approximate surface area is 112 Å². The Bertz CT molecular complexity index is 499. The number of hydrogen-bond acceptors (Lipinski definition) is 2. The third kappa shape index (κ3) is 3.00. The zero-order valence-corrected chi connectivity index (χ0v) is 11.2. The molecule has 4 heteroatoms. The maximum absolute atomic E-state index is 13.9. The van der Waals surface area contributed by atoms with E-state index in [0.717, 1.165) is 0 Å². The molecule has 0 bridgehead atoms. The second-order valence-corrected chi connectivity index (χ2v) is 5.48. The second kappa shape index (κ2) is 5.51. The van der Waals surface area contributed by atoms with Crippen molar-refractivity contribution in [2.24, 2.45) is 11.8 Å². The van der Waals surface area contributed by atoms with Crippen LogP contribution in [0.25, 0.3) is 0 Å². The van der Waals surface area contributed by atoms with Crippen LogP contribution in [0.15, 0.2) is 24.3 Å². The highest BCUT2D eigenvalue weighted by atomic mass is 19.1. The lowest BCUT2D eigenvalue weighted by Gasteiger charge is -2.31. The normalized spacial score (nSPS) is 23.6. The van der Waals surface area contributed by atoms with E-state index in [9.17, 15) is 14.0 Å². The van der Waals surface area contributed by atoms with Crippen molar-refractivity contribution in [1.82, 2.24) is 5.32 Å². The zero-order chi connectivity index (χ0) is 14.0. The van der Waals surface area contributed by atoms with Crippen LogP contribution < -0.4 is 5.32 Å². The van der Waals surface area contributed by atoms with Gasteiger partial charge in [0.2, 0.25) is 11.8 Å². The number of nitrogens with one attached hydrogen (secondary N) is 1. The Hall–Kier alpha value is -1.71. The third-order valence-electron chi connectivity index (χ3n) is 3.52. The van der Waals surface area contributed by atoms with E-state index >= 15 is 0 Å². The molecule has 3 nitrogen and oxygen atoms in total. The van der Waals surface area contributed by atoms with Gasteiger partial charge in [0.25, 0.3) is 0 Å². The predicted octanol–water partition coefficient (Wildman–Crippen LogP) is 2.62. The second-order valence-electron chi connectivity index (χ2n) is 5.48. The third-order valence-corrected chi connectivity index (χ3v) is 3.52. The van der Waals surface area contributed by atoms with Gasteiger partial charge >= 0.3 is 0 Å². The molecular weight excluding hydrogens is 245 g/mol. The summed E-state index contributed by atoms with van der Waals surface area (Å²) in [6.45, 7) is 4.03. The number of carbonyl (C=O) groups is 2. The summed E-state index contributed by atoms with van der Waals surface area (Å²) in [6.07, 6.45) is 0.822. The monoisotopic (exact) mass is 263 g/mol. The fraction of sp³-hybridized carbons (Fsp3) is 0.467. The molecule has 2 rings (SSSR count). The Morgan fingerprint density at radius 1 is 1.32 bits per heavy atom. The first kappa shape index (κ1) is 13.7. The van der Waals surface area contributed by atoms with Crippen molar-refractivity contribution in [3.05, 3.63) is 35.6 Å². The van der Waals surface area contributed by atoms with Crippen LogP contribution in [0.1, 0.15) is 38.2 Å². The number of hydrogen-bond donors (Lipinski definition) is 1. The lowest BCUT2D eigenvalue weighted by Crippen LogP contribution is -2.45. The van der Waals surface area contributed by atoms with Crippen molar-refractivity contribution in [1.29, 1.82) is 0 Å². The highest BCUT2D eigenvalue weighted by Gasteiger charge is 2.37. The van der Waals surface area contributed by atoms with Gasteiger partial charge in [0.1, 0.15) is 5.82 Å². The molecule has 1 heterocycles. The van der Waals surface area contributed by atoms with Gasteiger partial charge in [-0.2, -0.15) is 0 Å². The van der Waals surface area contributed by atoms with Crippen LogP contribution in [-0.2, 0) is 9.59 Å². The minimum Gasteiger partial charge on any atom is -0.296 e. The molecule has 2 unspecified atom stereocenters. The van der Waals surface area contributed by atoms with Gasteiger partial charge < -0.3 is 0 Å². The SMILES string of the molecule is CC(C)CC1C(=O)NC(=O)CC1c1ccccc1F. The van der Waals surface area contributed by atoms with Crippen LogP contribution in [0.3, 0.4) is 0 Å². The van der Waals surface area contributed by atoms with E-state index in [1.165, 1.54) is 6.07 Å². The number of rotatable bonds is 3. The zero-order valence-electron chi connectivity index (χ0n) is 11.2. The topological polar surface area (TPSA) is 46.2 Å². The number of carbonyl (C=O) groups excluding carboxylic acids is 2. The van der Waals surface area contributed by atoms with Crippen LogP contribution >= 0.6 is 0 Å². The summed E-state index contributed by atoms with van der Waals surface area (Å²) in [5, 5.41) is 2.35. The Kier molecular flexibility index (Phi) is 3.98. The Balaban J connectivity index is 2.35. The average molecular weight is 263 g/mol. The molecule has 1 aliphatic rings. The summed E-state index contributed by atoms with van der Waals surface area (Å²) in [6, 6.07) is 6.39. The van der Waals surface area contributed by atoms with E-state index in [2.05, 4.69) is 5.32 Å². The average Bonchev–Trinajstić information content (AvgIpc) is 2.33. The van der Waals surface area contributed by atoms with Gasteiger partial charge in [-0.25, -0.2) is 4.39 Å². The number of benzene rings is 1. The summed E-state index contributed by atoms with van der Waals surface area (Å²) < 4.78 is 13.9. The molecule has 1 fully saturated rings. The summed E-state index contributed by atoms with van der Waals surface area (Å²) in [5.74, 6) is -1.32. The molecular formula is C15H18FNO2. The largest absolute Gasteiger partial charge is 0.296 e. The van der Waals surface area contributed by atoms with Crippen molar-refractivity contribution < 1.29 is 14.0 Å². The fourth-order valence-corrected chi connectivity index (χ4v) is 2.69. The minimum absolute atomic E-state index is 0.171. The van der Waals surface area contributed by atoms with Crippen molar-refractivity contribution in [2.75, 3.05) is 0 Å². The fourth-order valence-electron chi connectivity index (χ4n) is 2.69. The molecule has 102 valence electrons. The quantitative estimate of drug-likeness (QED) is 0.852. The summed E-state index contributed by atoms with van der Waals surface area (Å²) in [7, 11) is 0. The highest BCUT2D eigenvalue weighted by molar-refractivity contribution is 5.99. The van der Waals surface area contributed by atoms with Crippen LogP contribution in [0.5, 0.6) is 0 Å². The van der Waals surface area contributed by atoms with E-state index in [0.29, 0.717) is 17.9 Å². The highest BCUT2D eigenvalue weighted by Crippen LogP contribution is 2.36.